The molecule has 0 aliphatic carbocycles. The number of carbonyl (C=O) groups excluding carboxylic acids is 1. The summed E-state index contributed by atoms with van der Waals surface area (Å²) in [5.41, 5.74) is 4.57. The van der Waals surface area contributed by atoms with Crippen molar-refractivity contribution in [1.29, 1.82) is 0 Å². The van der Waals surface area contributed by atoms with E-state index >= 15 is 0 Å². The number of nitrogen functional groups attached to an aromatic ring is 1. The Morgan fingerprint density at radius 2 is 2.10 bits per heavy atom. The van der Waals surface area contributed by atoms with Crippen molar-refractivity contribution in [1.82, 2.24) is 5.32 Å². The minimum absolute atomic E-state index is 0.0356. The van der Waals surface area contributed by atoms with E-state index < -0.39 is 17.6 Å². The number of halogens is 3. The van der Waals surface area contributed by atoms with Gasteiger partial charge in [0.2, 0.25) is 0 Å². The first-order valence-electron chi connectivity index (χ1n) is 6.03. The number of anilines is 1. The van der Waals surface area contributed by atoms with Gasteiger partial charge in [-0.05, 0) is 30.9 Å². The first-order valence-corrected chi connectivity index (χ1v) is 7.32. The summed E-state index contributed by atoms with van der Waals surface area (Å²) >= 11 is 1.66. The van der Waals surface area contributed by atoms with Crippen LogP contribution in [0.15, 0.2) is 18.2 Å². The van der Waals surface area contributed by atoms with Crippen LogP contribution in [-0.2, 0) is 6.18 Å². The van der Waals surface area contributed by atoms with E-state index in [-0.39, 0.29) is 11.3 Å². The highest BCUT2D eigenvalue weighted by atomic mass is 32.2. The summed E-state index contributed by atoms with van der Waals surface area (Å²) in [6, 6.07) is 2.74. The molecule has 1 rings (SSSR count). The lowest BCUT2D eigenvalue weighted by Crippen LogP contribution is -2.27. The summed E-state index contributed by atoms with van der Waals surface area (Å²) in [4.78, 5) is 11.8. The number of amides is 1. The maximum absolute atomic E-state index is 12.6. The molecule has 112 valence electrons. The van der Waals surface area contributed by atoms with E-state index in [1.165, 1.54) is 0 Å². The third-order valence-corrected chi connectivity index (χ3v) is 3.90. The van der Waals surface area contributed by atoms with Gasteiger partial charge in [0.05, 0.1) is 11.1 Å². The average molecular weight is 306 g/mol. The van der Waals surface area contributed by atoms with Gasteiger partial charge >= 0.3 is 6.18 Å². The number of hydrogen-bond acceptors (Lipinski definition) is 3. The van der Waals surface area contributed by atoms with Crippen LogP contribution in [0.5, 0.6) is 0 Å². The van der Waals surface area contributed by atoms with Gasteiger partial charge in [0.25, 0.3) is 5.91 Å². The topological polar surface area (TPSA) is 55.1 Å². The number of nitrogens with one attached hydrogen (secondary N) is 1. The van der Waals surface area contributed by atoms with Gasteiger partial charge in [0.1, 0.15) is 0 Å². The largest absolute Gasteiger partial charge is 0.416 e. The fourth-order valence-corrected chi connectivity index (χ4v) is 1.88. The molecular formula is C13H17F3N2OS. The van der Waals surface area contributed by atoms with Crippen LogP contribution < -0.4 is 11.1 Å². The Labute approximate surface area is 120 Å². The summed E-state index contributed by atoms with van der Waals surface area (Å²) in [5, 5.41) is 2.95. The molecule has 0 saturated carbocycles. The zero-order chi connectivity index (χ0) is 15.3. The summed E-state index contributed by atoms with van der Waals surface area (Å²) in [7, 11) is 0. The zero-order valence-corrected chi connectivity index (χ0v) is 12.1. The quantitative estimate of drug-likeness (QED) is 0.822. The van der Waals surface area contributed by atoms with Gasteiger partial charge in [-0.25, -0.2) is 0 Å². The maximum atomic E-state index is 12.6. The Morgan fingerprint density at radius 3 is 2.65 bits per heavy atom. The number of benzene rings is 1. The maximum Gasteiger partial charge on any atom is 0.416 e. The molecule has 7 heteroatoms. The molecule has 1 aromatic carbocycles. The highest BCUT2D eigenvalue weighted by Gasteiger charge is 2.31. The number of hydrogen-bond donors (Lipinski definition) is 2. The number of rotatable bonds is 5. The van der Waals surface area contributed by atoms with E-state index in [0.29, 0.717) is 11.8 Å². The Morgan fingerprint density at radius 1 is 1.45 bits per heavy atom. The van der Waals surface area contributed by atoms with E-state index in [1.54, 1.807) is 11.8 Å². The zero-order valence-electron chi connectivity index (χ0n) is 11.3. The second-order valence-corrected chi connectivity index (χ2v) is 5.67. The SMILES string of the molecule is CSC(C)CCNC(=O)c1cc(C(F)(F)F)ccc1N. The summed E-state index contributed by atoms with van der Waals surface area (Å²) < 4.78 is 37.8. The van der Waals surface area contributed by atoms with Crippen molar-refractivity contribution in [2.45, 2.75) is 24.8 Å². The van der Waals surface area contributed by atoms with Crippen LogP contribution in [0.1, 0.15) is 29.3 Å². The fraction of sp³-hybridized carbons (Fsp3) is 0.462. The normalized spacial score (nSPS) is 13.1. The first kappa shape index (κ1) is 16.7. The molecule has 3 nitrogen and oxygen atoms in total. The predicted octanol–water partition coefficient (Wildman–Crippen LogP) is 3.16. The van der Waals surface area contributed by atoms with Crippen LogP contribution >= 0.6 is 11.8 Å². The summed E-state index contributed by atoms with van der Waals surface area (Å²) in [5.74, 6) is -0.582. The molecule has 1 atom stereocenters. The molecule has 0 heterocycles. The van der Waals surface area contributed by atoms with Crippen LogP contribution in [0.4, 0.5) is 18.9 Å². The fourth-order valence-electron chi connectivity index (χ4n) is 1.53. The van der Waals surface area contributed by atoms with Crippen LogP contribution in [0.2, 0.25) is 0 Å². The Kier molecular flexibility index (Phi) is 5.74. The summed E-state index contributed by atoms with van der Waals surface area (Å²) in [6.45, 7) is 2.41. The monoisotopic (exact) mass is 306 g/mol. The molecule has 0 aliphatic heterocycles. The third-order valence-electron chi connectivity index (χ3n) is 2.86. The lowest BCUT2D eigenvalue weighted by molar-refractivity contribution is -0.137. The Hall–Kier alpha value is -1.37. The molecule has 0 saturated heterocycles. The minimum atomic E-state index is -4.49. The number of alkyl halides is 3. The van der Waals surface area contributed by atoms with Gasteiger partial charge in [-0.15, -0.1) is 0 Å². The predicted molar refractivity (Wildman–Crippen MR) is 75.8 cm³/mol. The molecule has 3 N–H and O–H groups in total. The molecule has 0 fully saturated rings. The standard InChI is InChI=1S/C13H17F3N2OS/c1-8(20-2)5-6-18-12(19)10-7-9(13(14,15)16)3-4-11(10)17/h3-4,7-8H,5-6,17H2,1-2H3,(H,18,19). The average Bonchev–Trinajstić information content (AvgIpc) is 2.37. The van der Waals surface area contributed by atoms with Gasteiger partial charge in [-0.3, -0.25) is 4.79 Å². The van der Waals surface area contributed by atoms with E-state index in [2.05, 4.69) is 5.32 Å². The Balaban J connectivity index is 2.77. The van der Waals surface area contributed by atoms with E-state index in [0.717, 1.165) is 24.6 Å². The number of carbonyl (C=O) groups is 1. The van der Waals surface area contributed by atoms with Crippen molar-refractivity contribution in [3.63, 3.8) is 0 Å². The van der Waals surface area contributed by atoms with Crippen molar-refractivity contribution in [2.24, 2.45) is 0 Å². The molecule has 0 spiro atoms. The molecule has 1 unspecified atom stereocenters. The molecule has 0 aromatic heterocycles. The van der Waals surface area contributed by atoms with Crippen molar-refractivity contribution < 1.29 is 18.0 Å². The van der Waals surface area contributed by atoms with Gasteiger partial charge in [-0.2, -0.15) is 24.9 Å². The highest BCUT2D eigenvalue weighted by Crippen LogP contribution is 2.31. The molecule has 0 bridgehead atoms. The van der Waals surface area contributed by atoms with E-state index in [4.69, 9.17) is 5.73 Å². The van der Waals surface area contributed by atoms with Gasteiger partial charge in [0.15, 0.2) is 0 Å². The highest BCUT2D eigenvalue weighted by molar-refractivity contribution is 7.99. The van der Waals surface area contributed by atoms with Crippen LogP contribution in [0.25, 0.3) is 0 Å². The van der Waals surface area contributed by atoms with Crippen molar-refractivity contribution in [3.8, 4) is 0 Å². The Bertz CT molecular complexity index is 477. The second-order valence-electron chi connectivity index (χ2n) is 4.39. The van der Waals surface area contributed by atoms with E-state index in [1.807, 2.05) is 13.2 Å². The van der Waals surface area contributed by atoms with Gasteiger partial charge < -0.3 is 11.1 Å². The minimum Gasteiger partial charge on any atom is -0.398 e. The van der Waals surface area contributed by atoms with Gasteiger partial charge in [0, 0.05) is 17.5 Å². The molecule has 1 aromatic rings. The molecule has 20 heavy (non-hydrogen) atoms. The van der Waals surface area contributed by atoms with Crippen LogP contribution in [-0.4, -0.2) is 24.0 Å². The van der Waals surface area contributed by atoms with Crippen LogP contribution in [0, 0.1) is 0 Å². The van der Waals surface area contributed by atoms with Crippen molar-refractivity contribution >= 4 is 23.4 Å². The number of thioether (sulfide) groups is 1. The van der Waals surface area contributed by atoms with Crippen molar-refractivity contribution in [2.75, 3.05) is 18.5 Å². The lowest BCUT2D eigenvalue weighted by atomic mass is 10.1. The van der Waals surface area contributed by atoms with Crippen LogP contribution in [0.3, 0.4) is 0 Å². The molecule has 1 amide bonds. The third kappa shape index (κ3) is 4.63. The number of nitrogens with two attached hydrogens (primary N) is 1. The van der Waals surface area contributed by atoms with E-state index in [9.17, 15) is 18.0 Å². The smallest absolute Gasteiger partial charge is 0.398 e. The lowest BCUT2D eigenvalue weighted by Gasteiger charge is -2.12. The first-order chi connectivity index (χ1) is 9.25. The van der Waals surface area contributed by atoms with Crippen molar-refractivity contribution in [3.05, 3.63) is 29.3 Å². The molecule has 0 aliphatic rings. The second kappa shape index (κ2) is 6.88. The summed E-state index contributed by atoms with van der Waals surface area (Å²) in [6.07, 6.45) is -1.79. The van der Waals surface area contributed by atoms with Gasteiger partial charge in [-0.1, -0.05) is 6.92 Å². The molecular weight excluding hydrogens is 289 g/mol. The molecule has 0 radical (unpaired) electrons.